The summed E-state index contributed by atoms with van der Waals surface area (Å²) in [6.45, 7) is 9.03. The molecule has 2 aliphatic heterocycles. The highest BCUT2D eigenvalue weighted by atomic mass is 16.2. The highest BCUT2D eigenvalue weighted by molar-refractivity contribution is 5.78. The highest BCUT2D eigenvalue weighted by Gasteiger charge is 2.22. The minimum atomic E-state index is 0.351. The molecule has 116 valence electrons. The zero-order valence-electron chi connectivity index (χ0n) is 13.1. The maximum absolute atomic E-state index is 12.5. The van der Waals surface area contributed by atoms with Crippen molar-refractivity contribution in [3.05, 3.63) is 0 Å². The molecule has 4 nitrogen and oxygen atoms in total. The molecule has 4 heteroatoms. The van der Waals surface area contributed by atoms with E-state index in [0.29, 0.717) is 12.5 Å². The van der Waals surface area contributed by atoms with Crippen molar-refractivity contribution in [1.82, 2.24) is 15.1 Å². The predicted octanol–water partition coefficient (Wildman–Crippen LogP) is 1.71. The number of carbonyl (C=O) groups excluding carboxylic acids is 1. The SMILES string of the molecule is CCCC1CCCN(C(=O)CN2CCCNCC2)CC1. The monoisotopic (exact) mass is 281 g/mol. The molecule has 0 aromatic carbocycles. The zero-order chi connectivity index (χ0) is 14.2. The van der Waals surface area contributed by atoms with Crippen molar-refractivity contribution in [2.24, 2.45) is 5.92 Å². The lowest BCUT2D eigenvalue weighted by atomic mass is 9.96. The number of hydrogen-bond acceptors (Lipinski definition) is 3. The number of rotatable bonds is 4. The first-order valence-corrected chi connectivity index (χ1v) is 8.50. The highest BCUT2D eigenvalue weighted by Crippen LogP contribution is 2.22. The molecule has 2 fully saturated rings. The summed E-state index contributed by atoms with van der Waals surface area (Å²) < 4.78 is 0. The summed E-state index contributed by atoms with van der Waals surface area (Å²) >= 11 is 0. The molecule has 1 amide bonds. The zero-order valence-corrected chi connectivity index (χ0v) is 13.1. The van der Waals surface area contributed by atoms with Crippen LogP contribution in [0, 0.1) is 5.92 Å². The number of likely N-dealkylation sites (tertiary alicyclic amines) is 1. The van der Waals surface area contributed by atoms with Crippen LogP contribution in [0.15, 0.2) is 0 Å². The summed E-state index contributed by atoms with van der Waals surface area (Å²) in [4.78, 5) is 16.9. The molecule has 1 N–H and O–H groups in total. The molecule has 0 spiro atoms. The molecular weight excluding hydrogens is 250 g/mol. The Kier molecular flexibility index (Phi) is 6.80. The molecule has 2 rings (SSSR count). The molecule has 2 aliphatic rings. The third kappa shape index (κ3) is 5.06. The Balaban J connectivity index is 1.76. The van der Waals surface area contributed by atoms with Crippen LogP contribution in [0.3, 0.4) is 0 Å². The Labute approximate surface area is 123 Å². The van der Waals surface area contributed by atoms with Crippen LogP contribution in [-0.4, -0.2) is 61.5 Å². The van der Waals surface area contributed by atoms with Crippen molar-refractivity contribution in [3.63, 3.8) is 0 Å². The Bertz CT molecular complexity index is 287. The molecule has 0 aromatic heterocycles. The van der Waals surface area contributed by atoms with Gasteiger partial charge in [0.25, 0.3) is 0 Å². The molecular formula is C16H31N3O. The summed E-state index contributed by atoms with van der Waals surface area (Å²) in [5.41, 5.74) is 0. The summed E-state index contributed by atoms with van der Waals surface area (Å²) in [7, 11) is 0. The van der Waals surface area contributed by atoms with E-state index in [0.717, 1.165) is 51.6 Å². The lowest BCUT2D eigenvalue weighted by Gasteiger charge is -2.25. The maximum atomic E-state index is 12.5. The first-order chi connectivity index (χ1) is 9.79. The fourth-order valence-electron chi connectivity index (χ4n) is 3.46. The van der Waals surface area contributed by atoms with Gasteiger partial charge in [-0.3, -0.25) is 9.69 Å². The fraction of sp³-hybridized carbons (Fsp3) is 0.938. The minimum Gasteiger partial charge on any atom is -0.342 e. The number of carbonyl (C=O) groups is 1. The van der Waals surface area contributed by atoms with Gasteiger partial charge in [-0.15, -0.1) is 0 Å². The second-order valence-electron chi connectivity index (χ2n) is 6.35. The van der Waals surface area contributed by atoms with Crippen molar-refractivity contribution >= 4 is 5.91 Å². The maximum Gasteiger partial charge on any atom is 0.236 e. The van der Waals surface area contributed by atoms with Gasteiger partial charge >= 0.3 is 0 Å². The van der Waals surface area contributed by atoms with Gasteiger partial charge in [-0.1, -0.05) is 19.8 Å². The lowest BCUT2D eigenvalue weighted by molar-refractivity contribution is -0.132. The first-order valence-electron chi connectivity index (χ1n) is 8.50. The van der Waals surface area contributed by atoms with Gasteiger partial charge in [0.2, 0.25) is 5.91 Å². The number of amides is 1. The van der Waals surface area contributed by atoms with E-state index in [4.69, 9.17) is 0 Å². The molecule has 0 radical (unpaired) electrons. The Morgan fingerprint density at radius 1 is 1.10 bits per heavy atom. The topological polar surface area (TPSA) is 35.6 Å². The molecule has 1 unspecified atom stereocenters. The molecule has 1 atom stereocenters. The summed E-state index contributed by atoms with van der Waals surface area (Å²) in [6.07, 6.45) is 7.48. The number of hydrogen-bond donors (Lipinski definition) is 1. The third-order valence-electron chi connectivity index (χ3n) is 4.69. The van der Waals surface area contributed by atoms with E-state index in [1.807, 2.05) is 0 Å². The molecule has 0 aliphatic carbocycles. The van der Waals surface area contributed by atoms with E-state index in [1.165, 1.54) is 32.1 Å². The van der Waals surface area contributed by atoms with Crippen LogP contribution in [0.1, 0.15) is 45.4 Å². The van der Waals surface area contributed by atoms with Crippen LogP contribution in [-0.2, 0) is 4.79 Å². The van der Waals surface area contributed by atoms with E-state index in [2.05, 4.69) is 22.0 Å². The fourth-order valence-corrected chi connectivity index (χ4v) is 3.46. The van der Waals surface area contributed by atoms with E-state index in [-0.39, 0.29) is 0 Å². The second-order valence-corrected chi connectivity index (χ2v) is 6.35. The van der Waals surface area contributed by atoms with Crippen molar-refractivity contribution in [2.45, 2.75) is 45.4 Å². The van der Waals surface area contributed by atoms with Crippen molar-refractivity contribution in [3.8, 4) is 0 Å². The molecule has 20 heavy (non-hydrogen) atoms. The largest absolute Gasteiger partial charge is 0.342 e. The smallest absolute Gasteiger partial charge is 0.236 e. The second kappa shape index (κ2) is 8.63. The van der Waals surface area contributed by atoms with Gasteiger partial charge in [0.05, 0.1) is 6.54 Å². The van der Waals surface area contributed by atoms with E-state index in [1.54, 1.807) is 0 Å². The molecule has 0 saturated carbocycles. The van der Waals surface area contributed by atoms with Crippen LogP contribution in [0.4, 0.5) is 0 Å². The van der Waals surface area contributed by atoms with Crippen molar-refractivity contribution < 1.29 is 4.79 Å². The quantitative estimate of drug-likeness (QED) is 0.852. The van der Waals surface area contributed by atoms with E-state index < -0.39 is 0 Å². The van der Waals surface area contributed by atoms with Gasteiger partial charge in [-0.2, -0.15) is 0 Å². The third-order valence-corrected chi connectivity index (χ3v) is 4.69. The first kappa shape index (κ1) is 15.8. The van der Waals surface area contributed by atoms with E-state index >= 15 is 0 Å². The Hall–Kier alpha value is -0.610. The molecule has 2 heterocycles. The molecule has 2 saturated heterocycles. The van der Waals surface area contributed by atoms with E-state index in [9.17, 15) is 4.79 Å². The molecule has 0 bridgehead atoms. The number of nitrogens with zero attached hydrogens (tertiary/aromatic N) is 2. The van der Waals surface area contributed by atoms with Crippen LogP contribution >= 0.6 is 0 Å². The average Bonchev–Trinajstić information content (AvgIpc) is 2.82. The van der Waals surface area contributed by atoms with Gasteiger partial charge in [0.15, 0.2) is 0 Å². The summed E-state index contributed by atoms with van der Waals surface area (Å²) in [5.74, 6) is 1.20. The predicted molar refractivity (Wildman–Crippen MR) is 82.8 cm³/mol. The van der Waals surface area contributed by atoms with Crippen molar-refractivity contribution in [1.29, 1.82) is 0 Å². The van der Waals surface area contributed by atoms with Gasteiger partial charge in [0, 0.05) is 26.2 Å². The normalized spacial score (nSPS) is 26.1. The van der Waals surface area contributed by atoms with Gasteiger partial charge in [-0.05, 0) is 44.7 Å². The average molecular weight is 281 g/mol. The summed E-state index contributed by atoms with van der Waals surface area (Å²) in [6, 6.07) is 0. The Morgan fingerprint density at radius 2 is 2.00 bits per heavy atom. The van der Waals surface area contributed by atoms with Gasteiger partial charge in [0.1, 0.15) is 0 Å². The minimum absolute atomic E-state index is 0.351. The van der Waals surface area contributed by atoms with Gasteiger partial charge < -0.3 is 10.2 Å². The van der Waals surface area contributed by atoms with Crippen LogP contribution in [0.2, 0.25) is 0 Å². The Morgan fingerprint density at radius 3 is 2.85 bits per heavy atom. The van der Waals surface area contributed by atoms with Gasteiger partial charge in [-0.25, -0.2) is 0 Å². The standard InChI is InChI=1S/C16H31N3O/c1-2-5-15-6-3-11-19(12-7-15)16(20)14-18-10-4-8-17-9-13-18/h15,17H,2-14H2,1H3. The van der Waals surface area contributed by atoms with Crippen LogP contribution < -0.4 is 5.32 Å². The van der Waals surface area contributed by atoms with Crippen molar-refractivity contribution in [2.75, 3.05) is 45.8 Å². The van der Waals surface area contributed by atoms with Crippen LogP contribution in [0.5, 0.6) is 0 Å². The number of nitrogens with one attached hydrogen (secondary N) is 1. The lowest BCUT2D eigenvalue weighted by Crippen LogP contribution is -2.42. The van der Waals surface area contributed by atoms with Crippen LogP contribution in [0.25, 0.3) is 0 Å². The summed E-state index contributed by atoms with van der Waals surface area (Å²) in [5, 5.41) is 3.39. The molecule has 0 aromatic rings.